The average Bonchev–Trinajstić information content (AvgIpc) is 2.86. The van der Waals surface area contributed by atoms with Crippen LogP contribution in [0.1, 0.15) is 23.3 Å². The van der Waals surface area contributed by atoms with Gasteiger partial charge in [-0.2, -0.15) is 5.21 Å². The number of nitrogens with one attached hydrogen (secondary N) is 1. The van der Waals surface area contributed by atoms with Crippen molar-refractivity contribution in [2.45, 2.75) is 12.8 Å². The van der Waals surface area contributed by atoms with Gasteiger partial charge in [0.2, 0.25) is 5.82 Å². The van der Waals surface area contributed by atoms with Gasteiger partial charge in [0.25, 0.3) is 5.91 Å². The van der Waals surface area contributed by atoms with Crippen LogP contribution in [0.25, 0.3) is 0 Å². The Bertz CT molecular complexity index is 378. The molecule has 0 unspecified atom stereocenters. The lowest BCUT2D eigenvalue weighted by Crippen LogP contribution is -2.12. The number of hydrogen-bond donors (Lipinski definition) is 2. The third-order valence-electron chi connectivity index (χ3n) is 2.11. The Morgan fingerprint density at radius 1 is 1.40 bits per heavy atom. The highest BCUT2D eigenvalue weighted by Gasteiger charge is 2.14. The smallest absolute Gasteiger partial charge is 0.273 e. The van der Waals surface area contributed by atoms with E-state index >= 15 is 0 Å². The summed E-state index contributed by atoms with van der Waals surface area (Å²) in [6, 6.07) is 0. The standard InChI is InChI=1S/C7H11N7O/c8-6(15)5-7(10-12-9-5)11-13-14-3-1-2-4-14/h1-4H2,(H2,8,15)(H,9,10,12). The van der Waals surface area contributed by atoms with Gasteiger partial charge in [-0.1, -0.05) is 5.22 Å². The summed E-state index contributed by atoms with van der Waals surface area (Å²) < 4.78 is 0. The van der Waals surface area contributed by atoms with Crippen molar-refractivity contribution in [1.82, 2.24) is 20.4 Å². The molecule has 0 atom stereocenters. The number of aromatic amines is 1. The van der Waals surface area contributed by atoms with Gasteiger partial charge in [0, 0.05) is 13.1 Å². The molecule has 3 N–H and O–H groups in total. The van der Waals surface area contributed by atoms with E-state index in [0.717, 1.165) is 25.9 Å². The number of hydrogen-bond acceptors (Lipinski definition) is 5. The van der Waals surface area contributed by atoms with Crippen LogP contribution in [0.4, 0.5) is 5.82 Å². The van der Waals surface area contributed by atoms with E-state index in [2.05, 4.69) is 25.7 Å². The van der Waals surface area contributed by atoms with Gasteiger partial charge in [-0.15, -0.1) is 15.3 Å². The number of nitrogens with zero attached hydrogens (tertiary/aromatic N) is 5. The summed E-state index contributed by atoms with van der Waals surface area (Å²) >= 11 is 0. The fraction of sp³-hybridized carbons (Fsp3) is 0.571. The van der Waals surface area contributed by atoms with E-state index < -0.39 is 5.91 Å². The topological polar surface area (TPSA) is 113 Å². The third-order valence-corrected chi connectivity index (χ3v) is 2.11. The zero-order valence-corrected chi connectivity index (χ0v) is 8.05. The van der Waals surface area contributed by atoms with E-state index in [9.17, 15) is 4.79 Å². The molecule has 0 bridgehead atoms. The minimum absolute atomic E-state index is 0.0120. The van der Waals surface area contributed by atoms with Crippen molar-refractivity contribution in [3.8, 4) is 0 Å². The van der Waals surface area contributed by atoms with Gasteiger partial charge >= 0.3 is 0 Å². The van der Waals surface area contributed by atoms with Gasteiger partial charge in [0.15, 0.2) is 5.69 Å². The first-order valence-corrected chi connectivity index (χ1v) is 4.64. The van der Waals surface area contributed by atoms with Crippen molar-refractivity contribution in [3.63, 3.8) is 0 Å². The molecule has 1 amide bonds. The minimum Gasteiger partial charge on any atom is -0.364 e. The lowest BCUT2D eigenvalue weighted by atomic mass is 10.4. The Balaban J connectivity index is 2.09. The number of primary amides is 1. The van der Waals surface area contributed by atoms with E-state index in [1.807, 2.05) is 5.01 Å². The third kappa shape index (κ3) is 2.09. The van der Waals surface area contributed by atoms with Crippen LogP contribution in [0.15, 0.2) is 10.3 Å². The highest BCUT2D eigenvalue weighted by molar-refractivity contribution is 5.94. The molecule has 0 aromatic carbocycles. The predicted octanol–water partition coefficient (Wildman–Crippen LogP) is -0.00190. The molecule has 2 rings (SSSR count). The highest BCUT2D eigenvalue weighted by atomic mass is 16.1. The van der Waals surface area contributed by atoms with Crippen molar-refractivity contribution < 1.29 is 4.79 Å². The van der Waals surface area contributed by atoms with Crippen LogP contribution in [-0.2, 0) is 0 Å². The summed E-state index contributed by atoms with van der Waals surface area (Å²) in [5.74, 6) is -0.534. The summed E-state index contributed by atoms with van der Waals surface area (Å²) in [6.07, 6.45) is 2.22. The zero-order chi connectivity index (χ0) is 10.7. The molecule has 8 nitrogen and oxygen atoms in total. The molecular formula is C7H11N7O. The zero-order valence-electron chi connectivity index (χ0n) is 8.05. The number of amides is 1. The second-order valence-corrected chi connectivity index (χ2v) is 3.21. The van der Waals surface area contributed by atoms with Gasteiger partial charge < -0.3 is 5.73 Å². The number of H-pyrrole nitrogens is 1. The first kappa shape index (κ1) is 9.56. The normalized spacial score (nSPS) is 16.4. The molecule has 0 spiro atoms. The Morgan fingerprint density at radius 3 is 2.80 bits per heavy atom. The molecule has 0 saturated carbocycles. The Morgan fingerprint density at radius 2 is 2.13 bits per heavy atom. The number of aromatic nitrogens is 3. The van der Waals surface area contributed by atoms with Crippen LogP contribution in [0, 0.1) is 0 Å². The largest absolute Gasteiger partial charge is 0.364 e. The Hall–Kier alpha value is -1.99. The van der Waals surface area contributed by atoms with Crippen LogP contribution in [0.5, 0.6) is 0 Å². The monoisotopic (exact) mass is 209 g/mol. The molecule has 15 heavy (non-hydrogen) atoms. The van der Waals surface area contributed by atoms with Crippen LogP contribution >= 0.6 is 0 Å². The van der Waals surface area contributed by atoms with E-state index in [0.29, 0.717) is 0 Å². The van der Waals surface area contributed by atoms with Crippen molar-refractivity contribution >= 4 is 11.7 Å². The lowest BCUT2D eigenvalue weighted by molar-refractivity contribution is 0.0996. The number of nitrogens with two attached hydrogens (primary N) is 1. The fourth-order valence-electron chi connectivity index (χ4n) is 1.36. The minimum atomic E-state index is -0.667. The first-order valence-electron chi connectivity index (χ1n) is 4.64. The van der Waals surface area contributed by atoms with Crippen molar-refractivity contribution in [3.05, 3.63) is 5.69 Å². The molecule has 1 aliphatic rings. The van der Waals surface area contributed by atoms with Gasteiger partial charge in [-0.3, -0.25) is 9.80 Å². The maximum Gasteiger partial charge on any atom is 0.273 e. The van der Waals surface area contributed by atoms with Crippen LogP contribution in [0.3, 0.4) is 0 Å². The fourth-order valence-corrected chi connectivity index (χ4v) is 1.36. The number of rotatable bonds is 3. The molecular weight excluding hydrogens is 198 g/mol. The molecule has 1 aromatic rings. The van der Waals surface area contributed by atoms with Gasteiger partial charge in [-0.05, 0) is 12.8 Å². The Kier molecular flexibility index (Phi) is 2.57. The highest BCUT2D eigenvalue weighted by Crippen LogP contribution is 2.14. The van der Waals surface area contributed by atoms with Gasteiger partial charge in [-0.25, -0.2) is 0 Å². The van der Waals surface area contributed by atoms with Crippen LogP contribution in [0.2, 0.25) is 0 Å². The molecule has 0 aliphatic carbocycles. The van der Waals surface area contributed by atoms with E-state index in [4.69, 9.17) is 5.73 Å². The summed E-state index contributed by atoms with van der Waals surface area (Å²) in [5.41, 5.74) is 5.08. The second kappa shape index (κ2) is 4.03. The van der Waals surface area contributed by atoms with Crippen LogP contribution < -0.4 is 5.73 Å². The average molecular weight is 209 g/mol. The van der Waals surface area contributed by atoms with Crippen molar-refractivity contribution in [1.29, 1.82) is 0 Å². The van der Waals surface area contributed by atoms with Crippen LogP contribution in [-0.4, -0.2) is 39.4 Å². The summed E-state index contributed by atoms with van der Waals surface area (Å²) in [5, 5.41) is 19.1. The SMILES string of the molecule is NC(=O)c1n[nH]nc1N=NN1CCCC1. The van der Waals surface area contributed by atoms with Crippen molar-refractivity contribution in [2.24, 2.45) is 16.1 Å². The molecule has 1 fully saturated rings. The maximum absolute atomic E-state index is 10.9. The molecule has 80 valence electrons. The summed E-state index contributed by atoms with van der Waals surface area (Å²) in [6.45, 7) is 1.76. The lowest BCUT2D eigenvalue weighted by Gasteiger charge is -2.05. The molecule has 1 aliphatic heterocycles. The van der Waals surface area contributed by atoms with Gasteiger partial charge in [0.1, 0.15) is 0 Å². The maximum atomic E-state index is 10.9. The molecule has 8 heteroatoms. The predicted molar refractivity (Wildman–Crippen MR) is 50.2 cm³/mol. The Labute approximate surface area is 85.5 Å². The quantitative estimate of drug-likeness (QED) is 0.682. The summed E-state index contributed by atoms with van der Waals surface area (Å²) in [4.78, 5) is 10.9. The molecule has 0 radical (unpaired) electrons. The molecule has 1 aromatic heterocycles. The number of carbonyl (C=O) groups is 1. The molecule has 1 saturated heterocycles. The first-order chi connectivity index (χ1) is 7.27. The molecule has 2 heterocycles. The van der Waals surface area contributed by atoms with E-state index in [-0.39, 0.29) is 11.5 Å². The van der Waals surface area contributed by atoms with E-state index in [1.165, 1.54) is 0 Å². The number of carbonyl (C=O) groups excluding carboxylic acids is 1. The summed E-state index contributed by atoms with van der Waals surface area (Å²) in [7, 11) is 0. The van der Waals surface area contributed by atoms with Gasteiger partial charge in [0.05, 0.1) is 0 Å². The second-order valence-electron chi connectivity index (χ2n) is 3.21. The van der Waals surface area contributed by atoms with E-state index in [1.54, 1.807) is 0 Å². The van der Waals surface area contributed by atoms with Crippen molar-refractivity contribution in [2.75, 3.05) is 13.1 Å².